The number of benzene rings is 1. The number of ether oxygens (including phenoxy) is 1. The second-order valence-corrected chi connectivity index (χ2v) is 4.50. The van der Waals surface area contributed by atoms with Crippen molar-refractivity contribution < 1.29 is 9.53 Å². The first-order valence-electron chi connectivity index (χ1n) is 5.70. The molecule has 0 aliphatic rings. The minimum absolute atomic E-state index is 0.397. The van der Waals surface area contributed by atoms with Crippen LogP contribution in [0.3, 0.4) is 0 Å². The fraction of sp³-hybridized carbons (Fsp3) is 0.143. The first-order valence-corrected chi connectivity index (χ1v) is 6.08. The molecule has 0 unspecified atom stereocenters. The molecular weight excluding hydrogens is 264 g/mol. The Labute approximate surface area is 116 Å². The Morgan fingerprint density at radius 3 is 2.74 bits per heavy atom. The van der Waals surface area contributed by atoms with Crippen LogP contribution in [0.4, 0.5) is 0 Å². The van der Waals surface area contributed by atoms with E-state index in [0.717, 1.165) is 11.1 Å². The van der Waals surface area contributed by atoms with Crippen LogP contribution in [0, 0.1) is 6.92 Å². The Morgan fingerprint density at radius 2 is 2.16 bits per heavy atom. The summed E-state index contributed by atoms with van der Waals surface area (Å²) in [7, 11) is 0. The maximum absolute atomic E-state index is 11.0. The van der Waals surface area contributed by atoms with Crippen LogP contribution >= 0.6 is 11.6 Å². The van der Waals surface area contributed by atoms with Gasteiger partial charge in [0.25, 0.3) is 0 Å². The van der Waals surface area contributed by atoms with Crippen LogP contribution < -0.4 is 10.5 Å². The third-order valence-electron chi connectivity index (χ3n) is 2.72. The molecule has 0 atom stereocenters. The zero-order valence-corrected chi connectivity index (χ0v) is 11.1. The van der Waals surface area contributed by atoms with E-state index >= 15 is 0 Å². The zero-order valence-electron chi connectivity index (χ0n) is 10.4. The Bertz CT molecular complexity index is 597. The molecule has 5 heteroatoms. The van der Waals surface area contributed by atoms with E-state index in [1.807, 2.05) is 13.0 Å². The average molecular weight is 277 g/mol. The van der Waals surface area contributed by atoms with Crippen LogP contribution in [0.15, 0.2) is 36.5 Å². The van der Waals surface area contributed by atoms with E-state index in [2.05, 4.69) is 4.98 Å². The number of halogens is 1. The molecule has 1 aromatic heterocycles. The molecule has 0 bridgehead atoms. The van der Waals surface area contributed by atoms with E-state index < -0.39 is 5.91 Å². The lowest BCUT2D eigenvalue weighted by Crippen LogP contribution is -2.11. The van der Waals surface area contributed by atoms with Crippen LogP contribution in [0.5, 0.6) is 5.75 Å². The van der Waals surface area contributed by atoms with Crippen molar-refractivity contribution in [3.63, 3.8) is 0 Å². The van der Waals surface area contributed by atoms with Gasteiger partial charge in [-0.25, -0.2) is 4.98 Å². The molecular formula is C14H13ClN2O2. The molecule has 0 aliphatic carbocycles. The van der Waals surface area contributed by atoms with Gasteiger partial charge in [0.1, 0.15) is 17.5 Å². The highest BCUT2D eigenvalue weighted by Crippen LogP contribution is 2.16. The van der Waals surface area contributed by atoms with Gasteiger partial charge in [-0.05, 0) is 42.3 Å². The van der Waals surface area contributed by atoms with E-state index in [1.165, 1.54) is 0 Å². The summed E-state index contributed by atoms with van der Waals surface area (Å²) in [6.07, 6.45) is 1.56. The summed E-state index contributed by atoms with van der Waals surface area (Å²) in [6.45, 7) is 2.30. The minimum atomic E-state index is -0.433. The zero-order chi connectivity index (χ0) is 13.8. The van der Waals surface area contributed by atoms with Gasteiger partial charge in [0, 0.05) is 5.56 Å². The second-order valence-electron chi connectivity index (χ2n) is 4.11. The maximum atomic E-state index is 11.0. The number of rotatable bonds is 4. The molecule has 0 aliphatic heterocycles. The van der Waals surface area contributed by atoms with Crippen molar-refractivity contribution in [3.05, 3.63) is 58.4 Å². The first-order chi connectivity index (χ1) is 9.06. The van der Waals surface area contributed by atoms with Crippen molar-refractivity contribution in [2.24, 2.45) is 5.73 Å². The van der Waals surface area contributed by atoms with Crippen LogP contribution in [-0.2, 0) is 6.61 Å². The standard InChI is InChI=1S/C14H13ClN2O2/c1-9-6-10(14(16)18)2-3-11(9)8-19-12-4-5-13(15)17-7-12/h2-7H,8H2,1H3,(H2,16,18). The van der Waals surface area contributed by atoms with Crippen molar-refractivity contribution >= 4 is 17.5 Å². The summed E-state index contributed by atoms with van der Waals surface area (Å²) in [5.74, 6) is 0.209. The molecule has 98 valence electrons. The maximum Gasteiger partial charge on any atom is 0.248 e. The van der Waals surface area contributed by atoms with Gasteiger partial charge in [-0.15, -0.1) is 0 Å². The van der Waals surface area contributed by atoms with Crippen molar-refractivity contribution in [2.75, 3.05) is 0 Å². The Balaban J connectivity index is 2.07. The number of aryl methyl sites for hydroxylation is 1. The highest BCUT2D eigenvalue weighted by Gasteiger charge is 2.05. The molecule has 0 fully saturated rings. The number of aromatic nitrogens is 1. The van der Waals surface area contributed by atoms with Gasteiger partial charge in [0.15, 0.2) is 0 Å². The van der Waals surface area contributed by atoms with Crippen molar-refractivity contribution in [1.29, 1.82) is 0 Å². The number of amides is 1. The van der Waals surface area contributed by atoms with E-state index in [9.17, 15) is 4.79 Å². The van der Waals surface area contributed by atoms with Gasteiger partial charge in [0.2, 0.25) is 5.91 Å². The smallest absolute Gasteiger partial charge is 0.248 e. The van der Waals surface area contributed by atoms with E-state index in [1.54, 1.807) is 30.5 Å². The molecule has 0 spiro atoms. The largest absolute Gasteiger partial charge is 0.487 e. The summed E-state index contributed by atoms with van der Waals surface area (Å²) in [4.78, 5) is 15.0. The van der Waals surface area contributed by atoms with Gasteiger partial charge >= 0.3 is 0 Å². The minimum Gasteiger partial charge on any atom is -0.487 e. The molecule has 2 rings (SSSR count). The molecule has 1 aromatic carbocycles. The fourth-order valence-corrected chi connectivity index (χ4v) is 1.73. The molecule has 19 heavy (non-hydrogen) atoms. The molecule has 2 aromatic rings. The number of pyridine rings is 1. The first kappa shape index (κ1) is 13.4. The van der Waals surface area contributed by atoms with Crippen LogP contribution in [0.1, 0.15) is 21.5 Å². The molecule has 1 heterocycles. The summed E-state index contributed by atoms with van der Waals surface area (Å²) in [5.41, 5.74) is 7.66. The monoisotopic (exact) mass is 276 g/mol. The molecule has 4 nitrogen and oxygen atoms in total. The van der Waals surface area contributed by atoms with Crippen LogP contribution in [0.2, 0.25) is 5.15 Å². The number of carbonyl (C=O) groups is 1. The number of nitrogens with zero attached hydrogens (tertiary/aromatic N) is 1. The molecule has 0 saturated carbocycles. The quantitative estimate of drug-likeness (QED) is 0.873. The summed E-state index contributed by atoms with van der Waals surface area (Å²) >= 11 is 5.69. The summed E-state index contributed by atoms with van der Waals surface area (Å²) in [6, 6.07) is 8.69. The SMILES string of the molecule is Cc1cc(C(N)=O)ccc1COc1ccc(Cl)nc1. The topological polar surface area (TPSA) is 65.2 Å². The van der Waals surface area contributed by atoms with Gasteiger partial charge < -0.3 is 10.5 Å². The Hall–Kier alpha value is -2.07. The van der Waals surface area contributed by atoms with Gasteiger partial charge in [0.05, 0.1) is 6.20 Å². The lowest BCUT2D eigenvalue weighted by atomic mass is 10.1. The highest BCUT2D eigenvalue weighted by atomic mass is 35.5. The number of hydrogen-bond donors (Lipinski definition) is 1. The number of primary amides is 1. The van der Waals surface area contributed by atoms with Crippen molar-refractivity contribution in [1.82, 2.24) is 4.98 Å². The average Bonchev–Trinajstić information content (AvgIpc) is 2.39. The number of hydrogen-bond acceptors (Lipinski definition) is 3. The van der Waals surface area contributed by atoms with Crippen molar-refractivity contribution in [2.45, 2.75) is 13.5 Å². The predicted molar refractivity (Wildman–Crippen MR) is 73.3 cm³/mol. The van der Waals surface area contributed by atoms with Gasteiger partial charge in [-0.3, -0.25) is 4.79 Å². The van der Waals surface area contributed by atoms with Crippen molar-refractivity contribution in [3.8, 4) is 5.75 Å². The van der Waals surface area contributed by atoms with Gasteiger partial charge in [-0.1, -0.05) is 17.7 Å². The lowest BCUT2D eigenvalue weighted by molar-refractivity contribution is 0.1000. The number of nitrogens with two attached hydrogens (primary N) is 1. The Kier molecular flexibility index (Phi) is 4.02. The third kappa shape index (κ3) is 3.45. The normalized spacial score (nSPS) is 10.2. The highest BCUT2D eigenvalue weighted by molar-refractivity contribution is 6.29. The lowest BCUT2D eigenvalue weighted by Gasteiger charge is -2.09. The third-order valence-corrected chi connectivity index (χ3v) is 2.95. The summed E-state index contributed by atoms with van der Waals surface area (Å²) < 4.78 is 5.59. The van der Waals surface area contributed by atoms with Gasteiger partial charge in [-0.2, -0.15) is 0 Å². The predicted octanol–water partition coefficient (Wildman–Crippen LogP) is 2.72. The molecule has 0 radical (unpaired) electrons. The molecule has 1 amide bonds. The molecule has 0 saturated heterocycles. The summed E-state index contributed by atoms with van der Waals surface area (Å²) in [5, 5.41) is 0.425. The van der Waals surface area contributed by atoms with E-state index in [-0.39, 0.29) is 0 Å². The molecule has 2 N–H and O–H groups in total. The van der Waals surface area contributed by atoms with Crippen LogP contribution in [-0.4, -0.2) is 10.9 Å². The van der Waals surface area contributed by atoms with E-state index in [4.69, 9.17) is 22.1 Å². The fourth-order valence-electron chi connectivity index (χ4n) is 1.62. The number of carbonyl (C=O) groups excluding carboxylic acids is 1. The van der Waals surface area contributed by atoms with E-state index in [0.29, 0.717) is 23.1 Å². The Morgan fingerprint density at radius 1 is 1.37 bits per heavy atom. The second kappa shape index (κ2) is 5.71. The van der Waals surface area contributed by atoms with Crippen LogP contribution in [0.25, 0.3) is 0 Å².